The summed E-state index contributed by atoms with van der Waals surface area (Å²) in [5, 5.41) is 1.10. The Bertz CT molecular complexity index is 1520. The van der Waals surface area contributed by atoms with Gasteiger partial charge in [0.1, 0.15) is 11.4 Å². The monoisotopic (exact) mass is 524 g/mol. The highest BCUT2D eigenvalue weighted by molar-refractivity contribution is 6.31. The van der Waals surface area contributed by atoms with E-state index in [0.717, 1.165) is 6.42 Å². The maximum absolute atomic E-state index is 13.8. The molecule has 0 aliphatic carbocycles. The summed E-state index contributed by atoms with van der Waals surface area (Å²) in [6, 6.07) is 12.6. The summed E-state index contributed by atoms with van der Waals surface area (Å²) >= 11 is 12.2. The first-order chi connectivity index (χ1) is 17.4. The Kier molecular flexibility index (Phi) is 6.60. The highest BCUT2D eigenvalue weighted by Crippen LogP contribution is 2.43. The zero-order valence-electron chi connectivity index (χ0n) is 19.6. The molecule has 36 heavy (non-hydrogen) atoms. The quantitative estimate of drug-likeness (QED) is 0.277. The number of anilines is 1. The van der Waals surface area contributed by atoms with Crippen molar-refractivity contribution in [3.8, 4) is 11.5 Å². The van der Waals surface area contributed by atoms with E-state index < -0.39 is 11.9 Å². The standard InChI is InChI=1S/C27H22Cl2N2O5/c1-3-11-35-20-8-5-15(12-21(20)34-4-2)24-23-25(32)18-13-16(28)6-9-19(18)36-26(23)27(33)31(24)22-10-7-17(29)14-30-22/h5-10,12-14,24H,3-4,11H2,1-2H3. The molecule has 1 aliphatic heterocycles. The van der Waals surface area contributed by atoms with Gasteiger partial charge in [0.2, 0.25) is 5.76 Å². The molecule has 0 spiro atoms. The van der Waals surface area contributed by atoms with Crippen molar-refractivity contribution in [2.24, 2.45) is 0 Å². The third kappa shape index (κ3) is 4.18. The average Bonchev–Trinajstić information content (AvgIpc) is 3.17. The van der Waals surface area contributed by atoms with Crippen molar-refractivity contribution in [1.29, 1.82) is 0 Å². The van der Waals surface area contributed by atoms with Crippen molar-refractivity contribution >= 4 is 45.9 Å². The topological polar surface area (TPSA) is 81.9 Å². The van der Waals surface area contributed by atoms with Crippen molar-refractivity contribution in [1.82, 2.24) is 4.98 Å². The number of fused-ring (bicyclic) bond motifs is 2. The third-order valence-electron chi connectivity index (χ3n) is 5.84. The van der Waals surface area contributed by atoms with Crippen LogP contribution in [0.1, 0.15) is 48.0 Å². The zero-order chi connectivity index (χ0) is 25.4. The fourth-order valence-electron chi connectivity index (χ4n) is 4.30. The lowest BCUT2D eigenvalue weighted by atomic mass is 9.98. The fourth-order valence-corrected chi connectivity index (χ4v) is 4.59. The van der Waals surface area contributed by atoms with Crippen LogP contribution in [0.3, 0.4) is 0 Å². The number of carbonyl (C=O) groups excluding carboxylic acids is 1. The molecule has 7 nitrogen and oxygen atoms in total. The smallest absolute Gasteiger partial charge is 0.296 e. The highest BCUT2D eigenvalue weighted by atomic mass is 35.5. The first-order valence-corrected chi connectivity index (χ1v) is 12.3. The second kappa shape index (κ2) is 9.84. The number of amides is 1. The van der Waals surface area contributed by atoms with Crippen LogP contribution in [0.2, 0.25) is 10.0 Å². The summed E-state index contributed by atoms with van der Waals surface area (Å²) in [6.07, 6.45) is 2.29. The van der Waals surface area contributed by atoms with Gasteiger partial charge in [-0.05, 0) is 61.4 Å². The summed E-state index contributed by atoms with van der Waals surface area (Å²) in [5.41, 5.74) is 0.781. The highest BCUT2D eigenvalue weighted by Gasteiger charge is 2.44. The summed E-state index contributed by atoms with van der Waals surface area (Å²) in [6.45, 7) is 4.84. The van der Waals surface area contributed by atoms with E-state index in [1.54, 1.807) is 42.5 Å². The number of rotatable bonds is 7. The molecule has 5 rings (SSSR count). The van der Waals surface area contributed by atoms with Crippen LogP contribution in [0.15, 0.2) is 63.9 Å². The molecule has 1 atom stereocenters. The maximum Gasteiger partial charge on any atom is 0.296 e. The molecule has 9 heteroatoms. The van der Waals surface area contributed by atoms with Crippen LogP contribution in [-0.4, -0.2) is 24.1 Å². The van der Waals surface area contributed by atoms with Gasteiger partial charge in [-0.25, -0.2) is 4.98 Å². The van der Waals surface area contributed by atoms with E-state index in [1.807, 2.05) is 19.9 Å². The van der Waals surface area contributed by atoms with Crippen molar-refractivity contribution in [3.63, 3.8) is 0 Å². The summed E-state index contributed by atoms with van der Waals surface area (Å²) < 4.78 is 17.7. The van der Waals surface area contributed by atoms with Crippen LogP contribution in [0.5, 0.6) is 11.5 Å². The van der Waals surface area contributed by atoms with Crippen LogP contribution in [0, 0.1) is 0 Å². The molecule has 0 radical (unpaired) electrons. The van der Waals surface area contributed by atoms with Gasteiger partial charge in [-0.15, -0.1) is 0 Å². The molecule has 1 amide bonds. The first kappa shape index (κ1) is 24.2. The van der Waals surface area contributed by atoms with Gasteiger partial charge in [0.25, 0.3) is 5.91 Å². The van der Waals surface area contributed by atoms with Crippen LogP contribution in [-0.2, 0) is 0 Å². The maximum atomic E-state index is 13.8. The third-order valence-corrected chi connectivity index (χ3v) is 6.29. The minimum atomic E-state index is -0.819. The van der Waals surface area contributed by atoms with Crippen LogP contribution in [0.4, 0.5) is 5.82 Å². The van der Waals surface area contributed by atoms with E-state index in [1.165, 1.54) is 11.1 Å². The van der Waals surface area contributed by atoms with Gasteiger partial charge in [-0.1, -0.05) is 36.2 Å². The van der Waals surface area contributed by atoms with E-state index in [-0.39, 0.29) is 27.7 Å². The van der Waals surface area contributed by atoms with Crippen LogP contribution >= 0.6 is 23.2 Å². The molecule has 1 unspecified atom stereocenters. The van der Waals surface area contributed by atoms with Gasteiger partial charge in [0, 0.05) is 11.2 Å². The van der Waals surface area contributed by atoms with E-state index in [9.17, 15) is 9.59 Å². The molecule has 0 fully saturated rings. The van der Waals surface area contributed by atoms with Crippen LogP contribution in [0.25, 0.3) is 11.0 Å². The minimum absolute atomic E-state index is 0.0409. The van der Waals surface area contributed by atoms with Crippen LogP contribution < -0.4 is 19.8 Å². The Labute approximate surface area is 217 Å². The zero-order valence-corrected chi connectivity index (χ0v) is 21.1. The van der Waals surface area contributed by atoms with Crippen molar-refractivity contribution < 1.29 is 18.7 Å². The lowest BCUT2D eigenvalue weighted by molar-refractivity contribution is 0.0970. The van der Waals surface area contributed by atoms with Crippen molar-refractivity contribution in [3.05, 3.63) is 91.9 Å². The number of halogens is 2. The number of benzene rings is 2. The van der Waals surface area contributed by atoms with Gasteiger partial charge < -0.3 is 13.9 Å². The molecule has 2 aromatic carbocycles. The number of carbonyl (C=O) groups is 1. The molecular formula is C27H22Cl2N2O5. The molecule has 0 saturated heterocycles. The number of hydrogen-bond acceptors (Lipinski definition) is 6. The summed E-state index contributed by atoms with van der Waals surface area (Å²) in [5.74, 6) is 0.900. The SMILES string of the molecule is CCCOc1ccc(C2c3c(oc4ccc(Cl)cc4c3=O)C(=O)N2c2ccc(Cl)cn2)cc1OCC. The normalized spacial score (nSPS) is 14.8. The molecule has 184 valence electrons. The minimum Gasteiger partial charge on any atom is -0.490 e. The number of hydrogen-bond donors (Lipinski definition) is 0. The van der Waals surface area contributed by atoms with Gasteiger partial charge >= 0.3 is 0 Å². The lowest BCUT2D eigenvalue weighted by Gasteiger charge is -2.25. The largest absolute Gasteiger partial charge is 0.490 e. The molecule has 0 saturated carbocycles. The molecule has 4 aromatic rings. The molecule has 3 heterocycles. The van der Waals surface area contributed by atoms with Gasteiger partial charge in [0.05, 0.1) is 35.2 Å². The van der Waals surface area contributed by atoms with E-state index in [4.69, 9.17) is 37.1 Å². The average molecular weight is 525 g/mol. The Morgan fingerprint density at radius 2 is 1.78 bits per heavy atom. The number of aromatic nitrogens is 1. The van der Waals surface area contributed by atoms with E-state index in [0.29, 0.717) is 46.1 Å². The fraction of sp³-hybridized carbons (Fsp3) is 0.222. The second-order valence-electron chi connectivity index (χ2n) is 8.21. The molecule has 0 bridgehead atoms. The van der Waals surface area contributed by atoms with Gasteiger partial charge in [0.15, 0.2) is 16.9 Å². The van der Waals surface area contributed by atoms with Gasteiger partial charge in [-0.2, -0.15) is 0 Å². The summed E-state index contributed by atoms with van der Waals surface area (Å²) in [7, 11) is 0. The van der Waals surface area contributed by atoms with Crippen molar-refractivity contribution in [2.75, 3.05) is 18.1 Å². The number of nitrogens with zero attached hydrogens (tertiary/aromatic N) is 2. The predicted molar refractivity (Wildman–Crippen MR) is 139 cm³/mol. The van der Waals surface area contributed by atoms with E-state index in [2.05, 4.69) is 4.98 Å². The Hall–Kier alpha value is -3.55. The number of pyridine rings is 1. The molecule has 2 aromatic heterocycles. The molecule has 0 N–H and O–H groups in total. The predicted octanol–water partition coefficient (Wildman–Crippen LogP) is 6.43. The molecule has 1 aliphatic rings. The Balaban J connectivity index is 1.75. The summed E-state index contributed by atoms with van der Waals surface area (Å²) in [4.78, 5) is 33.2. The first-order valence-electron chi connectivity index (χ1n) is 11.5. The second-order valence-corrected chi connectivity index (χ2v) is 9.09. The number of ether oxygens (including phenoxy) is 2. The van der Waals surface area contributed by atoms with Crippen molar-refractivity contribution in [2.45, 2.75) is 26.3 Å². The van der Waals surface area contributed by atoms with Gasteiger partial charge in [-0.3, -0.25) is 14.5 Å². The Morgan fingerprint density at radius 1 is 0.972 bits per heavy atom. The lowest BCUT2D eigenvalue weighted by Crippen LogP contribution is -2.30. The Morgan fingerprint density at radius 3 is 2.50 bits per heavy atom. The van der Waals surface area contributed by atoms with E-state index >= 15 is 0 Å². The molecular weight excluding hydrogens is 503 g/mol.